The van der Waals surface area contributed by atoms with E-state index in [1.807, 2.05) is 24.3 Å². The molecule has 0 aliphatic rings. The first-order valence-corrected chi connectivity index (χ1v) is 27.9. The first kappa shape index (κ1) is 63.0. The van der Waals surface area contributed by atoms with Crippen LogP contribution in [0, 0.1) is 0 Å². The van der Waals surface area contributed by atoms with Crippen molar-refractivity contribution >= 4 is 11.9 Å². The molecule has 0 aliphatic carbocycles. The zero-order valence-electron chi connectivity index (χ0n) is 43.3. The van der Waals surface area contributed by atoms with Crippen LogP contribution in [0.1, 0.15) is 258 Å². The summed E-state index contributed by atoms with van der Waals surface area (Å²) in [6.45, 7) is 6.31. The molecule has 380 valence electrons. The van der Waals surface area contributed by atoms with Crippen LogP contribution in [0.5, 0.6) is 0 Å². The smallest absolute Gasteiger partial charge is 0.306 e. The molecule has 0 aliphatic heterocycles. The molecule has 0 aromatic heterocycles. The largest absolute Gasteiger partial charge is 0.462 e. The molecule has 0 fully saturated rings. The number of hydrogen-bond donors (Lipinski definition) is 3. The van der Waals surface area contributed by atoms with Crippen molar-refractivity contribution in [3.8, 4) is 0 Å². The van der Waals surface area contributed by atoms with Crippen LogP contribution in [0.2, 0.25) is 0 Å². The third kappa shape index (κ3) is 47.5. The highest BCUT2D eigenvalue weighted by molar-refractivity contribution is 5.77. The summed E-state index contributed by atoms with van der Waals surface area (Å²) in [6, 6.07) is -0.722. The predicted molar refractivity (Wildman–Crippen MR) is 287 cm³/mol. The summed E-state index contributed by atoms with van der Waals surface area (Å²) in [5, 5.41) is 23.8. The zero-order chi connectivity index (χ0) is 48.1. The fraction of sp³-hybridized carbons (Fsp3) is 0.733. The van der Waals surface area contributed by atoms with Gasteiger partial charge < -0.3 is 20.3 Å². The minimum absolute atomic E-state index is 0.0425. The van der Waals surface area contributed by atoms with Crippen molar-refractivity contribution in [1.82, 2.24) is 5.32 Å². The van der Waals surface area contributed by atoms with E-state index in [0.717, 1.165) is 89.9 Å². The van der Waals surface area contributed by atoms with Gasteiger partial charge in [0.05, 0.1) is 25.2 Å². The first-order valence-electron chi connectivity index (χ1n) is 27.9. The van der Waals surface area contributed by atoms with Crippen LogP contribution in [0.15, 0.2) is 85.1 Å². The van der Waals surface area contributed by atoms with Gasteiger partial charge in [0.2, 0.25) is 5.91 Å². The Morgan fingerprint density at radius 3 is 1.42 bits per heavy atom. The predicted octanol–water partition coefficient (Wildman–Crippen LogP) is 17.1. The van der Waals surface area contributed by atoms with Crippen LogP contribution in [0.4, 0.5) is 0 Å². The van der Waals surface area contributed by atoms with E-state index in [1.54, 1.807) is 0 Å². The van der Waals surface area contributed by atoms with Crippen LogP contribution in [0.3, 0.4) is 0 Å². The molecule has 3 atom stereocenters. The van der Waals surface area contributed by atoms with E-state index >= 15 is 0 Å². The normalized spacial score (nSPS) is 13.8. The lowest BCUT2D eigenvalue weighted by molar-refractivity contribution is -0.151. The van der Waals surface area contributed by atoms with E-state index in [2.05, 4.69) is 86.8 Å². The van der Waals surface area contributed by atoms with E-state index in [0.29, 0.717) is 19.3 Å². The fourth-order valence-corrected chi connectivity index (χ4v) is 8.10. The Morgan fingerprint density at radius 2 is 0.879 bits per heavy atom. The second-order valence-electron chi connectivity index (χ2n) is 18.7. The minimum atomic E-state index is -0.806. The molecule has 0 aromatic rings. The average Bonchev–Trinajstić information content (AvgIpc) is 3.31. The molecule has 0 heterocycles. The number of ether oxygens (including phenoxy) is 1. The fourth-order valence-electron chi connectivity index (χ4n) is 8.10. The average molecular weight is 921 g/mol. The Bertz CT molecular complexity index is 1260. The first-order chi connectivity index (χ1) is 32.5. The van der Waals surface area contributed by atoms with Gasteiger partial charge in [-0.3, -0.25) is 9.59 Å². The Hall–Kier alpha value is -2.96. The number of aliphatic hydroxyl groups is 2. The molecule has 1 amide bonds. The summed E-state index contributed by atoms with van der Waals surface area (Å²) in [6.07, 6.45) is 69.3. The number of esters is 1. The minimum Gasteiger partial charge on any atom is -0.462 e. The lowest BCUT2D eigenvalue weighted by Gasteiger charge is -2.24. The molecular weight excluding hydrogens is 815 g/mol. The molecule has 0 radical (unpaired) electrons. The van der Waals surface area contributed by atoms with E-state index in [1.165, 1.54) is 122 Å². The van der Waals surface area contributed by atoms with Crippen molar-refractivity contribution in [3.63, 3.8) is 0 Å². The lowest BCUT2D eigenvalue weighted by Crippen LogP contribution is -2.46. The van der Waals surface area contributed by atoms with Gasteiger partial charge in [-0.25, -0.2) is 0 Å². The topological polar surface area (TPSA) is 95.9 Å². The molecule has 0 spiro atoms. The molecule has 0 saturated carbocycles. The van der Waals surface area contributed by atoms with E-state index in [-0.39, 0.29) is 24.9 Å². The lowest BCUT2D eigenvalue weighted by atomic mass is 10.0. The summed E-state index contributed by atoms with van der Waals surface area (Å²) < 4.78 is 5.93. The monoisotopic (exact) mass is 920 g/mol. The van der Waals surface area contributed by atoms with Crippen LogP contribution >= 0.6 is 0 Å². The molecule has 66 heavy (non-hydrogen) atoms. The van der Waals surface area contributed by atoms with Gasteiger partial charge in [-0.1, -0.05) is 247 Å². The highest BCUT2D eigenvalue weighted by atomic mass is 16.5. The molecule has 0 rings (SSSR count). The van der Waals surface area contributed by atoms with Crippen molar-refractivity contribution in [1.29, 1.82) is 0 Å². The number of carbonyl (C=O) groups excluding carboxylic acids is 2. The molecular formula is C60H105NO5. The van der Waals surface area contributed by atoms with Gasteiger partial charge in [-0.15, -0.1) is 0 Å². The number of amides is 1. The summed E-state index contributed by atoms with van der Waals surface area (Å²) in [5.41, 5.74) is 0. The maximum Gasteiger partial charge on any atom is 0.306 e. The zero-order valence-corrected chi connectivity index (χ0v) is 43.3. The third-order valence-corrected chi connectivity index (χ3v) is 12.3. The second-order valence-corrected chi connectivity index (χ2v) is 18.7. The molecule has 0 saturated heterocycles. The van der Waals surface area contributed by atoms with Crippen LogP contribution < -0.4 is 5.32 Å². The van der Waals surface area contributed by atoms with Gasteiger partial charge >= 0.3 is 5.97 Å². The summed E-state index contributed by atoms with van der Waals surface area (Å²) >= 11 is 0. The second kappa shape index (κ2) is 53.0. The number of nitrogens with one attached hydrogen (secondary N) is 1. The van der Waals surface area contributed by atoms with E-state index < -0.39 is 18.2 Å². The maximum atomic E-state index is 13.2. The van der Waals surface area contributed by atoms with Gasteiger partial charge in [-0.05, 0) is 83.5 Å². The molecule has 3 unspecified atom stereocenters. The SMILES string of the molecule is CC/C=C/C=C/C=C/C=C\CCCCCC(CC(=O)NC(CO)C(O)CCCCCCCCCCCCCCCCC)OC(=O)CCCCCCCC/C=C\C/C=C\C/C=C\CCCCC. The van der Waals surface area contributed by atoms with Crippen molar-refractivity contribution in [2.45, 2.75) is 277 Å². The highest BCUT2D eigenvalue weighted by Crippen LogP contribution is 2.18. The molecule has 3 N–H and O–H groups in total. The third-order valence-electron chi connectivity index (χ3n) is 12.3. The van der Waals surface area contributed by atoms with Gasteiger partial charge in [0.25, 0.3) is 0 Å². The number of allylic oxidation sites excluding steroid dienone is 14. The molecule has 6 nitrogen and oxygen atoms in total. The molecule has 6 heteroatoms. The van der Waals surface area contributed by atoms with Crippen LogP contribution in [-0.4, -0.2) is 46.9 Å². The van der Waals surface area contributed by atoms with E-state index in [4.69, 9.17) is 4.74 Å². The van der Waals surface area contributed by atoms with Gasteiger partial charge in [0, 0.05) is 6.42 Å². The number of aliphatic hydroxyl groups excluding tert-OH is 2. The van der Waals surface area contributed by atoms with Crippen LogP contribution in [-0.2, 0) is 14.3 Å². The molecule has 0 bridgehead atoms. The van der Waals surface area contributed by atoms with Gasteiger partial charge in [-0.2, -0.15) is 0 Å². The highest BCUT2D eigenvalue weighted by Gasteiger charge is 2.24. The standard InChI is InChI=1S/C60H105NO5/c1-4-7-10-13-16-19-22-25-27-28-29-30-32-35-38-41-44-47-50-53-60(65)66-56(51-48-45-42-39-36-33-24-21-18-15-12-9-6-3)54-59(64)61-57(55-62)58(63)52-49-46-43-40-37-34-31-26-23-20-17-14-11-8-5-2/h9,12,15-16,18-19,21,24-25,27,29-30,33,36,56-58,62-63H,4-8,10-11,13-14,17,20,22-23,26,28,31-32,34-35,37-55H2,1-3H3,(H,61,64)/b12-9+,18-15+,19-16-,24-21+,27-25-,30-29-,36-33-. The summed E-state index contributed by atoms with van der Waals surface area (Å²) in [4.78, 5) is 26.2. The summed E-state index contributed by atoms with van der Waals surface area (Å²) in [5.74, 6) is -0.528. The molecule has 0 aromatic carbocycles. The number of rotatable bonds is 49. The van der Waals surface area contributed by atoms with Crippen molar-refractivity contribution < 1.29 is 24.5 Å². The summed E-state index contributed by atoms with van der Waals surface area (Å²) in [7, 11) is 0. The Labute approximate surface area is 408 Å². The van der Waals surface area contributed by atoms with Crippen molar-refractivity contribution in [3.05, 3.63) is 85.1 Å². The number of carbonyl (C=O) groups is 2. The maximum absolute atomic E-state index is 13.2. The van der Waals surface area contributed by atoms with Gasteiger partial charge in [0.15, 0.2) is 0 Å². The Morgan fingerprint density at radius 1 is 0.470 bits per heavy atom. The van der Waals surface area contributed by atoms with Crippen molar-refractivity contribution in [2.24, 2.45) is 0 Å². The van der Waals surface area contributed by atoms with Gasteiger partial charge in [0.1, 0.15) is 6.10 Å². The van der Waals surface area contributed by atoms with Crippen molar-refractivity contribution in [2.75, 3.05) is 6.61 Å². The number of unbranched alkanes of at least 4 members (excludes halogenated alkanes) is 26. The Balaban J connectivity index is 4.60. The number of hydrogen-bond acceptors (Lipinski definition) is 5. The van der Waals surface area contributed by atoms with E-state index in [9.17, 15) is 19.8 Å². The Kier molecular flexibility index (Phi) is 50.6. The quantitative estimate of drug-likeness (QED) is 0.0245. The van der Waals surface area contributed by atoms with Crippen LogP contribution in [0.25, 0.3) is 0 Å².